The summed E-state index contributed by atoms with van der Waals surface area (Å²) in [7, 11) is 0. The maximum atomic E-state index is 6.19. The van der Waals surface area contributed by atoms with Crippen LogP contribution in [0.5, 0.6) is 0 Å². The summed E-state index contributed by atoms with van der Waals surface area (Å²) >= 11 is 6.19. The zero-order valence-electron chi connectivity index (χ0n) is 9.00. The molecule has 1 saturated heterocycles. The van der Waals surface area contributed by atoms with Crippen LogP contribution in [0.1, 0.15) is 11.1 Å². The van der Waals surface area contributed by atoms with Crippen molar-refractivity contribution in [2.45, 2.75) is 13.5 Å². The molecule has 1 aliphatic rings. The van der Waals surface area contributed by atoms with E-state index in [0.717, 1.165) is 37.9 Å². The van der Waals surface area contributed by atoms with Crippen LogP contribution in [0.4, 0.5) is 0 Å². The van der Waals surface area contributed by atoms with E-state index in [1.54, 1.807) is 0 Å². The summed E-state index contributed by atoms with van der Waals surface area (Å²) in [5.74, 6) is 0. The van der Waals surface area contributed by atoms with Crippen molar-refractivity contribution in [1.82, 2.24) is 4.90 Å². The smallest absolute Gasteiger partial charge is 0.0594 e. The van der Waals surface area contributed by atoms with E-state index < -0.39 is 0 Å². The molecule has 0 aromatic heterocycles. The zero-order valence-corrected chi connectivity index (χ0v) is 9.76. The Kier molecular flexibility index (Phi) is 3.62. The fraction of sp³-hybridized carbons (Fsp3) is 0.500. The molecule has 1 aromatic carbocycles. The van der Waals surface area contributed by atoms with Gasteiger partial charge in [-0.25, -0.2) is 0 Å². The third-order valence-corrected chi connectivity index (χ3v) is 3.06. The second-order valence-corrected chi connectivity index (χ2v) is 4.39. The molecule has 0 spiro atoms. The summed E-state index contributed by atoms with van der Waals surface area (Å²) in [6.07, 6.45) is 0. The van der Waals surface area contributed by atoms with Gasteiger partial charge in [0.2, 0.25) is 0 Å². The second-order valence-electron chi connectivity index (χ2n) is 3.98. The number of aryl methyl sites for hydroxylation is 1. The van der Waals surface area contributed by atoms with E-state index in [0.29, 0.717) is 0 Å². The van der Waals surface area contributed by atoms with Gasteiger partial charge in [-0.15, -0.1) is 0 Å². The highest BCUT2D eigenvalue weighted by Gasteiger charge is 2.11. The average molecular weight is 226 g/mol. The minimum atomic E-state index is 0.837. The van der Waals surface area contributed by atoms with E-state index >= 15 is 0 Å². The van der Waals surface area contributed by atoms with Crippen LogP contribution in [-0.2, 0) is 11.3 Å². The molecule has 3 heteroatoms. The van der Waals surface area contributed by atoms with Gasteiger partial charge in [-0.3, -0.25) is 4.90 Å². The van der Waals surface area contributed by atoms with E-state index in [-0.39, 0.29) is 0 Å². The standard InChI is InChI=1S/C12H16ClNO/c1-10-2-3-11(12(13)8-10)9-14-4-6-15-7-5-14/h2-3,8H,4-7,9H2,1H3. The van der Waals surface area contributed by atoms with Crippen LogP contribution in [0.2, 0.25) is 5.02 Å². The minimum Gasteiger partial charge on any atom is -0.379 e. The molecular formula is C12H16ClNO. The first-order valence-corrected chi connectivity index (χ1v) is 5.68. The summed E-state index contributed by atoms with van der Waals surface area (Å²) in [6.45, 7) is 6.67. The molecule has 15 heavy (non-hydrogen) atoms. The van der Waals surface area contributed by atoms with Crippen LogP contribution in [-0.4, -0.2) is 31.2 Å². The fourth-order valence-electron chi connectivity index (χ4n) is 1.78. The Hall–Kier alpha value is -0.570. The van der Waals surface area contributed by atoms with E-state index in [4.69, 9.17) is 16.3 Å². The highest BCUT2D eigenvalue weighted by molar-refractivity contribution is 6.31. The van der Waals surface area contributed by atoms with E-state index in [1.807, 2.05) is 6.07 Å². The van der Waals surface area contributed by atoms with Gasteiger partial charge in [0, 0.05) is 24.7 Å². The molecule has 1 heterocycles. The maximum absolute atomic E-state index is 6.19. The monoisotopic (exact) mass is 225 g/mol. The van der Waals surface area contributed by atoms with Gasteiger partial charge in [0.15, 0.2) is 0 Å². The molecular weight excluding hydrogens is 210 g/mol. The lowest BCUT2D eigenvalue weighted by atomic mass is 10.1. The number of hydrogen-bond acceptors (Lipinski definition) is 2. The van der Waals surface area contributed by atoms with Crippen molar-refractivity contribution < 1.29 is 4.74 Å². The van der Waals surface area contributed by atoms with Crippen molar-refractivity contribution >= 4 is 11.6 Å². The summed E-state index contributed by atoms with van der Waals surface area (Å²) in [5, 5.41) is 0.876. The third kappa shape index (κ3) is 2.94. The molecule has 0 unspecified atom stereocenters. The Morgan fingerprint density at radius 2 is 2.07 bits per heavy atom. The normalized spacial score (nSPS) is 18.0. The Morgan fingerprint density at radius 1 is 1.33 bits per heavy atom. The highest BCUT2D eigenvalue weighted by Crippen LogP contribution is 2.19. The minimum absolute atomic E-state index is 0.837. The molecule has 0 atom stereocenters. The second kappa shape index (κ2) is 4.97. The van der Waals surface area contributed by atoms with Crippen LogP contribution >= 0.6 is 11.6 Å². The largest absolute Gasteiger partial charge is 0.379 e. The summed E-state index contributed by atoms with van der Waals surface area (Å²) in [5.41, 5.74) is 2.43. The molecule has 1 fully saturated rings. The van der Waals surface area contributed by atoms with Gasteiger partial charge in [-0.1, -0.05) is 23.7 Å². The van der Waals surface area contributed by atoms with Gasteiger partial charge in [-0.2, -0.15) is 0 Å². The lowest BCUT2D eigenvalue weighted by Crippen LogP contribution is -2.35. The van der Waals surface area contributed by atoms with Crippen molar-refractivity contribution in [3.63, 3.8) is 0 Å². The van der Waals surface area contributed by atoms with Crippen LogP contribution in [0, 0.1) is 6.92 Å². The van der Waals surface area contributed by atoms with Crippen molar-refractivity contribution in [3.05, 3.63) is 34.3 Å². The molecule has 2 nitrogen and oxygen atoms in total. The highest BCUT2D eigenvalue weighted by atomic mass is 35.5. The molecule has 0 saturated carbocycles. The number of hydrogen-bond donors (Lipinski definition) is 0. The van der Waals surface area contributed by atoms with Crippen LogP contribution in [0.15, 0.2) is 18.2 Å². The van der Waals surface area contributed by atoms with E-state index in [9.17, 15) is 0 Å². The molecule has 1 aromatic rings. The van der Waals surface area contributed by atoms with Gasteiger partial charge in [0.25, 0.3) is 0 Å². The zero-order chi connectivity index (χ0) is 10.7. The molecule has 0 N–H and O–H groups in total. The van der Waals surface area contributed by atoms with Gasteiger partial charge >= 0.3 is 0 Å². The Balaban J connectivity index is 2.03. The lowest BCUT2D eigenvalue weighted by Gasteiger charge is -2.26. The predicted octanol–water partition coefficient (Wildman–Crippen LogP) is 2.48. The van der Waals surface area contributed by atoms with Gasteiger partial charge < -0.3 is 4.74 Å². The molecule has 0 radical (unpaired) electrons. The summed E-state index contributed by atoms with van der Waals surface area (Å²) < 4.78 is 5.31. The summed E-state index contributed by atoms with van der Waals surface area (Å²) in [6, 6.07) is 6.26. The van der Waals surface area contributed by atoms with Gasteiger partial charge in [0.05, 0.1) is 13.2 Å². The Bertz CT molecular complexity index is 334. The fourth-order valence-corrected chi connectivity index (χ4v) is 2.08. The topological polar surface area (TPSA) is 12.5 Å². The number of nitrogens with zero attached hydrogens (tertiary/aromatic N) is 1. The Labute approximate surface area is 95.8 Å². The van der Waals surface area contributed by atoms with Crippen molar-refractivity contribution in [2.75, 3.05) is 26.3 Å². The molecule has 0 bridgehead atoms. The number of rotatable bonds is 2. The van der Waals surface area contributed by atoms with Crippen molar-refractivity contribution in [2.24, 2.45) is 0 Å². The number of benzene rings is 1. The first-order chi connectivity index (χ1) is 7.25. The van der Waals surface area contributed by atoms with Crippen molar-refractivity contribution in [1.29, 1.82) is 0 Å². The summed E-state index contributed by atoms with van der Waals surface area (Å²) in [4.78, 5) is 2.38. The van der Waals surface area contributed by atoms with Gasteiger partial charge in [0.1, 0.15) is 0 Å². The Morgan fingerprint density at radius 3 is 2.73 bits per heavy atom. The molecule has 2 rings (SSSR count). The average Bonchev–Trinajstić information content (AvgIpc) is 2.24. The number of halogens is 1. The van der Waals surface area contributed by atoms with E-state index in [2.05, 4.69) is 24.0 Å². The maximum Gasteiger partial charge on any atom is 0.0594 e. The van der Waals surface area contributed by atoms with Crippen molar-refractivity contribution in [3.8, 4) is 0 Å². The van der Waals surface area contributed by atoms with Crippen LogP contribution < -0.4 is 0 Å². The first kappa shape index (κ1) is 10.9. The third-order valence-electron chi connectivity index (χ3n) is 2.71. The van der Waals surface area contributed by atoms with Crippen LogP contribution in [0.3, 0.4) is 0 Å². The predicted molar refractivity (Wildman–Crippen MR) is 62.3 cm³/mol. The first-order valence-electron chi connectivity index (χ1n) is 5.31. The van der Waals surface area contributed by atoms with E-state index in [1.165, 1.54) is 11.1 Å². The number of morpholine rings is 1. The lowest BCUT2D eigenvalue weighted by molar-refractivity contribution is 0.0342. The molecule has 1 aliphatic heterocycles. The molecule has 82 valence electrons. The van der Waals surface area contributed by atoms with Crippen LogP contribution in [0.25, 0.3) is 0 Å². The van der Waals surface area contributed by atoms with Gasteiger partial charge in [-0.05, 0) is 24.1 Å². The quantitative estimate of drug-likeness (QED) is 0.767. The molecule has 0 amide bonds. The number of ether oxygens (including phenoxy) is 1. The SMILES string of the molecule is Cc1ccc(CN2CCOCC2)c(Cl)c1. The molecule has 0 aliphatic carbocycles.